The van der Waals surface area contributed by atoms with Gasteiger partial charge in [-0.2, -0.15) is 5.10 Å². The molecule has 156 valence electrons. The third-order valence-corrected chi connectivity index (χ3v) is 6.82. The molecule has 3 fully saturated rings. The summed E-state index contributed by atoms with van der Waals surface area (Å²) >= 11 is 0. The van der Waals surface area contributed by atoms with Crippen molar-refractivity contribution in [1.82, 2.24) is 20.0 Å². The topological polar surface area (TPSA) is 68.6 Å². The fourth-order valence-corrected chi connectivity index (χ4v) is 5.29. The molecule has 1 amide bonds. The van der Waals surface area contributed by atoms with Gasteiger partial charge in [-0.3, -0.25) is 14.4 Å². The number of hydrogen-bond acceptors (Lipinski definition) is 5. The van der Waals surface area contributed by atoms with E-state index in [4.69, 9.17) is 9.47 Å². The molecule has 3 aliphatic rings. The molecule has 0 radical (unpaired) electrons. The predicted molar refractivity (Wildman–Crippen MR) is 106 cm³/mol. The lowest BCUT2D eigenvalue weighted by atomic mass is 9.73. The van der Waals surface area contributed by atoms with Gasteiger partial charge in [-0.1, -0.05) is 13.3 Å². The van der Waals surface area contributed by atoms with Crippen molar-refractivity contribution in [2.75, 3.05) is 39.4 Å². The summed E-state index contributed by atoms with van der Waals surface area (Å²) in [5.74, 6) is 0.938. The first-order valence-corrected chi connectivity index (χ1v) is 10.8. The number of carbonyl (C=O) groups is 1. The van der Waals surface area contributed by atoms with E-state index in [-0.39, 0.29) is 18.1 Å². The van der Waals surface area contributed by atoms with Crippen molar-refractivity contribution in [3.05, 3.63) is 18.0 Å². The minimum absolute atomic E-state index is 0.00284. The summed E-state index contributed by atoms with van der Waals surface area (Å²) in [7, 11) is 0. The molecule has 3 aliphatic heterocycles. The first kappa shape index (κ1) is 19.9. The lowest BCUT2D eigenvalue weighted by Crippen LogP contribution is -2.42. The van der Waals surface area contributed by atoms with E-state index in [0.717, 1.165) is 51.9 Å². The fraction of sp³-hybridized carbons (Fsp3) is 0.810. The quantitative estimate of drug-likeness (QED) is 0.615. The zero-order valence-corrected chi connectivity index (χ0v) is 17.2. The number of nitrogens with one attached hydrogen (secondary N) is 1. The van der Waals surface area contributed by atoms with Crippen LogP contribution in [0.15, 0.2) is 12.3 Å². The first-order chi connectivity index (χ1) is 13.6. The number of amides is 1. The van der Waals surface area contributed by atoms with E-state index in [1.807, 2.05) is 12.3 Å². The Balaban J connectivity index is 1.27. The Bertz CT molecular complexity index is 678. The first-order valence-electron chi connectivity index (χ1n) is 10.8. The Hall–Kier alpha value is -1.44. The van der Waals surface area contributed by atoms with E-state index in [2.05, 4.69) is 33.8 Å². The van der Waals surface area contributed by atoms with E-state index < -0.39 is 0 Å². The molecule has 4 rings (SSSR count). The molecule has 2 bridgehead atoms. The zero-order chi connectivity index (χ0) is 19.6. The molecule has 0 unspecified atom stereocenters. The van der Waals surface area contributed by atoms with Crippen molar-refractivity contribution in [2.24, 2.45) is 11.8 Å². The van der Waals surface area contributed by atoms with Crippen LogP contribution < -0.4 is 5.32 Å². The lowest BCUT2D eigenvalue weighted by molar-refractivity contribution is -0.126. The molecule has 1 N–H and O–H groups in total. The molecular formula is C21H34N4O3. The second kappa shape index (κ2) is 8.51. The molecule has 4 heterocycles. The Morgan fingerprint density at radius 2 is 2.36 bits per heavy atom. The number of aromatic nitrogens is 2. The maximum Gasteiger partial charge on any atom is 0.246 e. The van der Waals surface area contributed by atoms with Gasteiger partial charge in [0.1, 0.15) is 6.61 Å². The van der Waals surface area contributed by atoms with Crippen LogP contribution in [0.2, 0.25) is 0 Å². The van der Waals surface area contributed by atoms with E-state index in [9.17, 15) is 4.79 Å². The summed E-state index contributed by atoms with van der Waals surface area (Å²) < 4.78 is 14.0. The van der Waals surface area contributed by atoms with Gasteiger partial charge in [0.2, 0.25) is 5.91 Å². The highest BCUT2D eigenvalue weighted by Gasteiger charge is 2.62. The molecular weight excluding hydrogens is 356 g/mol. The van der Waals surface area contributed by atoms with Gasteiger partial charge in [0.25, 0.3) is 0 Å². The number of unbranched alkanes of at least 4 members (excludes halogenated alkanes) is 1. The van der Waals surface area contributed by atoms with Gasteiger partial charge < -0.3 is 14.8 Å². The van der Waals surface area contributed by atoms with Crippen LogP contribution in [0, 0.1) is 18.8 Å². The minimum atomic E-state index is -0.00284. The molecule has 0 aliphatic carbocycles. The molecule has 28 heavy (non-hydrogen) atoms. The summed E-state index contributed by atoms with van der Waals surface area (Å²) in [5.41, 5.74) is 1.22. The monoisotopic (exact) mass is 390 g/mol. The van der Waals surface area contributed by atoms with Crippen molar-refractivity contribution in [3.8, 4) is 0 Å². The van der Waals surface area contributed by atoms with Gasteiger partial charge in [0, 0.05) is 56.5 Å². The van der Waals surface area contributed by atoms with Gasteiger partial charge in [-0.15, -0.1) is 0 Å². The van der Waals surface area contributed by atoms with Crippen molar-refractivity contribution < 1.29 is 14.3 Å². The molecule has 0 saturated carbocycles. The van der Waals surface area contributed by atoms with Crippen LogP contribution in [-0.2, 0) is 20.8 Å². The SMILES string of the molecule is CCCCOCC(=O)NC[C@H]1[C@H]2CN(CCn3nccc3C)C[C@]23CC[C@H]1O3. The van der Waals surface area contributed by atoms with Gasteiger partial charge in [-0.25, -0.2) is 0 Å². The molecule has 4 atom stereocenters. The predicted octanol–water partition coefficient (Wildman–Crippen LogP) is 1.60. The van der Waals surface area contributed by atoms with Crippen LogP contribution in [0.1, 0.15) is 38.3 Å². The number of hydrogen-bond donors (Lipinski definition) is 1. The smallest absolute Gasteiger partial charge is 0.246 e. The largest absolute Gasteiger partial charge is 0.372 e. The van der Waals surface area contributed by atoms with Crippen LogP contribution in [0.4, 0.5) is 0 Å². The van der Waals surface area contributed by atoms with Crippen LogP contribution in [0.5, 0.6) is 0 Å². The molecule has 0 aromatic carbocycles. The van der Waals surface area contributed by atoms with Gasteiger partial charge in [-0.05, 0) is 32.3 Å². The highest BCUT2D eigenvalue weighted by Crippen LogP contribution is 2.54. The summed E-state index contributed by atoms with van der Waals surface area (Å²) in [4.78, 5) is 14.6. The number of rotatable bonds is 10. The van der Waals surface area contributed by atoms with Crippen LogP contribution in [0.25, 0.3) is 0 Å². The number of aryl methyl sites for hydroxylation is 1. The van der Waals surface area contributed by atoms with Gasteiger partial charge in [0.05, 0.1) is 18.2 Å². The second-order valence-corrected chi connectivity index (χ2v) is 8.67. The average molecular weight is 391 g/mol. The van der Waals surface area contributed by atoms with Crippen molar-refractivity contribution in [2.45, 2.75) is 57.8 Å². The third kappa shape index (κ3) is 3.98. The second-order valence-electron chi connectivity index (χ2n) is 8.67. The highest BCUT2D eigenvalue weighted by molar-refractivity contribution is 5.77. The molecule has 7 nitrogen and oxygen atoms in total. The number of likely N-dealkylation sites (tertiary alicyclic amines) is 1. The minimum Gasteiger partial charge on any atom is -0.372 e. The maximum absolute atomic E-state index is 12.1. The van der Waals surface area contributed by atoms with Crippen molar-refractivity contribution in [1.29, 1.82) is 0 Å². The molecule has 3 saturated heterocycles. The normalized spacial score (nSPS) is 31.4. The Kier molecular flexibility index (Phi) is 6.04. The van der Waals surface area contributed by atoms with E-state index in [0.29, 0.717) is 31.1 Å². The summed E-state index contributed by atoms with van der Waals surface area (Å²) in [6, 6.07) is 2.05. The van der Waals surface area contributed by atoms with E-state index >= 15 is 0 Å². The van der Waals surface area contributed by atoms with Crippen LogP contribution in [0.3, 0.4) is 0 Å². The highest BCUT2D eigenvalue weighted by atomic mass is 16.5. The average Bonchev–Trinajstić information content (AvgIpc) is 3.42. The number of nitrogens with zero attached hydrogens (tertiary/aromatic N) is 3. The number of fused-ring (bicyclic) bond motifs is 1. The Morgan fingerprint density at radius 1 is 1.46 bits per heavy atom. The van der Waals surface area contributed by atoms with Gasteiger partial charge in [0.15, 0.2) is 0 Å². The van der Waals surface area contributed by atoms with E-state index in [1.54, 1.807) is 0 Å². The number of carbonyl (C=O) groups excluding carboxylic acids is 1. The van der Waals surface area contributed by atoms with Crippen LogP contribution in [-0.4, -0.2) is 71.7 Å². The van der Waals surface area contributed by atoms with Crippen LogP contribution >= 0.6 is 0 Å². The standard InChI is InChI=1S/C21H34N4O3/c1-3-4-11-27-14-20(26)22-12-17-18-13-24(9-10-25-16(2)6-8-23-25)15-21(18)7-5-19(17)28-21/h6,8,17-19H,3-5,7,9-15H2,1-2H3,(H,22,26)/t17-,18+,19+,21+/m0/s1. The Morgan fingerprint density at radius 3 is 3.14 bits per heavy atom. The van der Waals surface area contributed by atoms with Crippen molar-refractivity contribution in [3.63, 3.8) is 0 Å². The fourth-order valence-electron chi connectivity index (χ4n) is 5.29. The maximum atomic E-state index is 12.1. The third-order valence-electron chi connectivity index (χ3n) is 6.82. The van der Waals surface area contributed by atoms with Gasteiger partial charge >= 0.3 is 0 Å². The zero-order valence-electron chi connectivity index (χ0n) is 17.2. The molecule has 1 aromatic rings. The Labute approximate surface area is 167 Å². The lowest BCUT2D eigenvalue weighted by Gasteiger charge is -2.29. The summed E-state index contributed by atoms with van der Waals surface area (Å²) in [6.45, 7) is 9.75. The summed E-state index contributed by atoms with van der Waals surface area (Å²) in [5, 5.41) is 7.49. The number of ether oxygens (including phenoxy) is 2. The molecule has 7 heteroatoms. The van der Waals surface area contributed by atoms with Crippen molar-refractivity contribution >= 4 is 5.91 Å². The molecule has 1 spiro atoms. The van der Waals surface area contributed by atoms with E-state index in [1.165, 1.54) is 5.69 Å². The molecule has 1 aromatic heterocycles. The summed E-state index contributed by atoms with van der Waals surface area (Å²) in [6.07, 6.45) is 6.54.